The summed E-state index contributed by atoms with van der Waals surface area (Å²) in [6.45, 7) is 5.69. The fourth-order valence-corrected chi connectivity index (χ4v) is 4.56. The first-order chi connectivity index (χ1) is 18.1. The summed E-state index contributed by atoms with van der Waals surface area (Å²) < 4.78 is 17.4. The number of anilines is 1. The predicted molar refractivity (Wildman–Crippen MR) is 142 cm³/mol. The molecule has 1 aliphatic rings. The zero-order valence-electron chi connectivity index (χ0n) is 20.9. The van der Waals surface area contributed by atoms with E-state index in [9.17, 15) is 9.90 Å². The van der Waals surface area contributed by atoms with Gasteiger partial charge in [-0.2, -0.15) is 0 Å². The van der Waals surface area contributed by atoms with Gasteiger partial charge in [0.2, 0.25) is 5.89 Å². The maximum absolute atomic E-state index is 11.3. The van der Waals surface area contributed by atoms with Gasteiger partial charge in [-0.05, 0) is 60.0 Å². The Morgan fingerprint density at radius 2 is 1.78 bits per heavy atom. The lowest BCUT2D eigenvalue weighted by molar-refractivity contribution is -0.136. The highest BCUT2D eigenvalue weighted by molar-refractivity contribution is 5.77. The van der Waals surface area contributed by atoms with Crippen LogP contribution in [-0.4, -0.2) is 49.0 Å². The zero-order chi connectivity index (χ0) is 25.6. The van der Waals surface area contributed by atoms with E-state index >= 15 is 0 Å². The van der Waals surface area contributed by atoms with E-state index in [1.54, 1.807) is 0 Å². The van der Waals surface area contributed by atoms with Crippen LogP contribution in [-0.2, 0) is 22.4 Å². The van der Waals surface area contributed by atoms with Crippen molar-refractivity contribution in [3.8, 4) is 28.3 Å². The normalized spacial score (nSPS) is 13.5. The molecule has 1 N–H and O–H groups in total. The molecular weight excluding hydrogens is 468 g/mol. The molecule has 0 amide bonds. The quantitative estimate of drug-likeness (QED) is 0.331. The van der Waals surface area contributed by atoms with Crippen LogP contribution in [0.1, 0.15) is 17.0 Å². The van der Waals surface area contributed by atoms with Gasteiger partial charge in [-0.25, -0.2) is 4.98 Å². The smallest absolute Gasteiger partial charge is 0.307 e. The molecule has 0 radical (unpaired) electrons. The van der Waals surface area contributed by atoms with Gasteiger partial charge in [0.1, 0.15) is 11.5 Å². The molecule has 1 aliphatic heterocycles. The summed E-state index contributed by atoms with van der Waals surface area (Å²) in [5.74, 6) is 1.27. The molecule has 0 bridgehead atoms. The average molecular weight is 499 g/mol. The number of ether oxygens (including phenoxy) is 2. The maximum atomic E-state index is 11.3. The first-order valence-corrected chi connectivity index (χ1v) is 12.5. The second-order valence-corrected chi connectivity index (χ2v) is 9.02. The molecule has 0 unspecified atom stereocenters. The van der Waals surface area contributed by atoms with Gasteiger partial charge < -0.3 is 23.9 Å². The Kier molecular flexibility index (Phi) is 7.51. The van der Waals surface area contributed by atoms with Crippen molar-refractivity contribution in [2.24, 2.45) is 0 Å². The molecule has 7 nitrogen and oxygen atoms in total. The predicted octanol–water partition coefficient (Wildman–Crippen LogP) is 5.40. The van der Waals surface area contributed by atoms with Gasteiger partial charge in [-0.3, -0.25) is 4.79 Å². The van der Waals surface area contributed by atoms with E-state index < -0.39 is 5.97 Å². The molecule has 5 rings (SSSR count). The van der Waals surface area contributed by atoms with Crippen LogP contribution >= 0.6 is 0 Å². The van der Waals surface area contributed by atoms with Crippen LogP contribution in [0.15, 0.2) is 77.2 Å². The number of carbonyl (C=O) groups is 1. The third-order valence-electron chi connectivity index (χ3n) is 6.49. The lowest BCUT2D eigenvalue weighted by Crippen LogP contribution is -2.36. The van der Waals surface area contributed by atoms with Gasteiger partial charge in [0.25, 0.3) is 0 Å². The number of morpholine rings is 1. The fraction of sp³-hybridized carbons (Fsp3) is 0.267. The Labute approximate surface area is 216 Å². The number of carboxylic acids is 1. The van der Waals surface area contributed by atoms with Crippen molar-refractivity contribution in [2.75, 3.05) is 37.8 Å². The van der Waals surface area contributed by atoms with Crippen LogP contribution in [0.4, 0.5) is 5.69 Å². The molecular formula is C30H30N2O5. The monoisotopic (exact) mass is 498 g/mol. The molecule has 2 heterocycles. The maximum Gasteiger partial charge on any atom is 0.307 e. The number of benzene rings is 3. The minimum atomic E-state index is -0.852. The van der Waals surface area contributed by atoms with E-state index in [1.165, 1.54) is 5.69 Å². The Morgan fingerprint density at radius 3 is 2.57 bits per heavy atom. The Bertz CT molecular complexity index is 1360. The Morgan fingerprint density at radius 1 is 1.00 bits per heavy atom. The van der Waals surface area contributed by atoms with Crippen LogP contribution in [0.5, 0.6) is 5.75 Å². The molecule has 190 valence electrons. The summed E-state index contributed by atoms with van der Waals surface area (Å²) >= 11 is 0. The van der Waals surface area contributed by atoms with Crippen LogP contribution in [0.3, 0.4) is 0 Å². The van der Waals surface area contributed by atoms with Crippen molar-refractivity contribution in [3.63, 3.8) is 0 Å². The van der Waals surface area contributed by atoms with E-state index in [1.807, 2.05) is 67.6 Å². The lowest BCUT2D eigenvalue weighted by Gasteiger charge is -2.28. The van der Waals surface area contributed by atoms with Crippen LogP contribution in [0, 0.1) is 6.92 Å². The first-order valence-electron chi connectivity index (χ1n) is 12.5. The number of aryl methyl sites for hydroxylation is 1. The molecule has 4 aromatic rings. The van der Waals surface area contributed by atoms with E-state index in [2.05, 4.69) is 17.0 Å². The van der Waals surface area contributed by atoms with Gasteiger partial charge in [0.15, 0.2) is 0 Å². The standard InChI is InChI=1S/C30H30N2O5/c1-21-28(31-30(37-21)22-9-11-25(12-10-22)32-14-17-35-18-15-32)13-16-36-26-7-4-6-23(19-26)27-8-3-2-5-24(27)20-29(33)34/h2-12,19H,13-18,20H2,1H3,(H,33,34). The molecule has 1 saturated heterocycles. The number of rotatable bonds is 9. The number of oxazole rings is 1. The van der Waals surface area contributed by atoms with Gasteiger partial charge in [-0.1, -0.05) is 36.4 Å². The molecule has 37 heavy (non-hydrogen) atoms. The van der Waals surface area contributed by atoms with Crippen molar-refractivity contribution in [2.45, 2.75) is 19.8 Å². The summed E-state index contributed by atoms with van der Waals surface area (Å²) in [4.78, 5) is 18.3. The Balaban J connectivity index is 1.22. The number of aliphatic carboxylic acids is 1. The molecule has 0 saturated carbocycles. The minimum absolute atomic E-state index is 0.0228. The zero-order valence-corrected chi connectivity index (χ0v) is 20.9. The summed E-state index contributed by atoms with van der Waals surface area (Å²) in [5, 5.41) is 9.24. The molecule has 3 aromatic carbocycles. The largest absolute Gasteiger partial charge is 0.493 e. The molecule has 7 heteroatoms. The molecule has 0 aliphatic carbocycles. The van der Waals surface area contributed by atoms with Crippen molar-refractivity contribution in [3.05, 3.63) is 89.8 Å². The van der Waals surface area contributed by atoms with Gasteiger partial charge in [0, 0.05) is 30.8 Å². The van der Waals surface area contributed by atoms with Gasteiger partial charge >= 0.3 is 5.97 Å². The molecule has 1 fully saturated rings. The highest BCUT2D eigenvalue weighted by Gasteiger charge is 2.15. The minimum Gasteiger partial charge on any atom is -0.493 e. The number of carboxylic acid groups (broad SMARTS) is 1. The van der Waals surface area contributed by atoms with E-state index in [0.29, 0.717) is 18.9 Å². The second-order valence-electron chi connectivity index (χ2n) is 9.02. The van der Waals surface area contributed by atoms with Crippen molar-refractivity contribution in [1.29, 1.82) is 0 Å². The topological polar surface area (TPSA) is 85.0 Å². The van der Waals surface area contributed by atoms with Crippen molar-refractivity contribution in [1.82, 2.24) is 4.98 Å². The van der Waals surface area contributed by atoms with Crippen molar-refractivity contribution >= 4 is 11.7 Å². The third-order valence-corrected chi connectivity index (χ3v) is 6.49. The lowest BCUT2D eigenvalue weighted by atomic mass is 9.97. The second kappa shape index (κ2) is 11.3. The van der Waals surface area contributed by atoms with Gasteiger partial charge in [0.05, 0.1) is 31.9 Å². The van der Waals surface area contributed by atoms with Crippen molar-refractivity contribution < 1.29 is 23.8 Å². The summed E-state index contributed by atoms with van der Waals surface area (Å²) in [6.07, 6.45) is 0.589. The molecule has 1 aromatic heterocycles. The Hall–Kier alpha value is -4.10. The SMILES string of the molecule is Cc1oc(-c2ccc(N3CCOCC3)cc2)nc1CCOc1cccc(-c2ccccc2CC(=O)O)c1. The van der Waals surface area contributed by atoms with Crippen LogP contribution in [0.25, 0.3) is 22.6 Å². The van der Waals surface area contributed by atoms with E-state index in [0.717, 1.165) is 65.8 Å². The summed E-state index contributed by atoms with van der Waals surface area (Å²) in [6, 6.07) is 23.6. The first kappa shape index (κ1) is 24.6. The summed E-state index contributed by atoms with van der Waals surface area (Å²) in [7, 11) is 0. The third kappa shape index (κ3) is 6.01. The fourth-order valence-electron chi connectivity index (χ4n) is 4.56. The number of hydrogen-bond acceptors (Lipinski definition) is 6. The summed E-state index contributed by atoms with van der Waals surface area (Å²) in [5.41, 5.74) is 5.59. The van der Waals surface area contributed by atoms with E-state index in [-0.39, 0.29) is 6.42 Å². The molecule has 0 atom stereocenters. The number of nitrogens with zero attached hydrogens (tertiary/aromatic N) is 2. The highest BCUT2D eigenvalue weighted by atomic mass is 16.5. The molecule has 0 spiro atoms. The van der Waals surface area contributed by atoms with E-state index in [4.69, 9.17) is 18.9 Å². The van der Waals surface area contributed by atoms with Gasteiger partial charge in [-0.15, -0.1) is 0 Å². The van der Waals surface area contributed by atoms with Crippen LogP contribution < -0.4 is 9.64 Å². The number of aromatic nitrogens is 1. The average Bonchev–Trinajstić information content (AvgIpc) is 3.30. The highest BCUT2D eigenvalue weighted by Crippen LogP contribution is 2.28. The van der Waals surface area contributed by atoms with Crippen LogP contribution in [0.2, 0.25) is 0 Å². The number of hydrogen-bond donors (Lipinski definition) is 1.